The Balaban J connectivity index is 2.00. The van der Waals surface area contributed by atoms with Crippen LogP contribution in [0.3, 0.4) is 0 Å². The molecular weight excluding hydrogens is 186 g/mol. The van der Waals surface area contributed by atoms with Crippen molar-refractivity contribution >= 4 is 0 Å². The minimum atomic E-state index is 0.286. The number of aromatic nitrogens is 1. The molecule has 3 heteroatoms. The van der Waals surface area contributed by atoms with E-state index in [2.05, 4.69) is 23.4 Å². The van der Waals surface area contributed by atoms with Crippen LogP contribution in [0.1, 0.15) is 42.9 Å². The van der Waals surface area contributed by atoms with Gasteiger partial charge in [0.25, 0.3) is 0 Å². The van der Waals surface area contributed by atoms with Gasteiger partial charge >= 0.3 is 0 Å². The lowest BCUT2D eigenvalue weighted by Crippen LogP contribution is -2.28. The zero-order chi connectivity index (χ0) is 10.7. The van der Waals surface area contributed by atoms with Crippen LogP contribution in [0.2, 0.25) is 0 Å². The zero-order valence-electron chi connectivity index (χ0n) is 9.24. The summed E-state index contributed by atoms with van der Waals surface area (Å²) in [5.41, 5.74) is 5.42. The van der Waals surface area contributed by atoms with Crippen LogP contribution >= 0.6 is 0 Å². The Hall–Kier alpha value is -0.930. The van der Waals surface area contributed by atoms with E-state index in [1.54, 1.807) is 0 Å². The number of hydrazine groups is 1. The summed E-state index contributed by atoms with van der Waals surface area (Å²) in [6.07, 6.45) is 8.97. The molecule has 1 unspecified atom stereocenters. The molecule has 1 aromatic rings. The molecule has 1 aromatic heterocycles. The maximum Gasteiger partial charge on any atom is 0.0463 e. The quantitative estimate of drug-likeness (QED) is 0.571. The molecule has 3 nitrogen and oxygen atoms in total. The van der Waals surface area contributed by atoms with Crippen molar-refractivity contribution in [1.29, 1.82) is 0 Å². The van der Waals surface area contributed by atoms with Gasteiger partial charge in [0.2, 0.25) is 0 Å². The first-order chi connectivity index (χ1) is 7.31. The highest BCUT2D eigenvalue weighted by atomic mass is 15.2. The predicted octanol–water partition coefficient (Wildman–Crippen LogP) is 2.08. The summed E-state index contributed by atoms with van der Waals surface area (Å²) in [5, 5.41) is 0. The molecule has 1 atom stereocenters. The Labute approximate surface area is 91.1 Å². The van der Waals surface area contributed by atoms with E-state index in [9.17, 15) is 0 Å². The largest absolute Gasteiger partial charge is 0.271 e. The Kier molecular flexibility index (Phi) is 3.34. The van der Waals surface area contributed by atoms with E-state index >= 15 is 0 Å². The molecule has 0 spiro atoms. The van der Waals surface area contributed by atoms with E-state index in [1.807, 2.05) is 12.4 Å². The van der Waals surface area contributed by atoms with Gasteiger partial charge in [-0.1, -0.05) is 12.8 Å². The van der Waals surface area contributed by atoms with Crippen LogP contribution in [0.4, 0.5) is 0 Å². The van der Waals surface area contributed by atoms with Gasteiger partial charge in [0, 0.05) is 18.4 Å². The molecule has 0 radical (unpaired) electrons. The van der Waals surface area contributed by atoms with Gasteiger partial charge < -0.3 is 0 Å². The molecule has 1 fully saturated rings. The summed E-state index contributed by atoms with van der Waals surface area (Å²) in [6, 6.07) is 2.35. The monoisotopic (exact) mass is 205 g/mol. The highest BCUT2D eigenvalue weighted by Gasteiger charge is 2.23. The van der Waals surface area contributed by atoms with E-state index in [-0.39, 0.29) is 6.04 Å². The minimum absolute atomic E-state index is 0.286. The van der Waals surface area contributed by atoms with Crippen molar-refractivity contribution in [3.63, 3.8) is 0 Å². The maximum atomic E-state index is 5.61. The predicted molar refractivity (Wildman–Crippen MR) is 61.0 cm³/mol. The van der Waals surface area contributed by atoms with Crippen LogP contribution in [0.15, 0.2) is 18.5 Å². The molecule has 3 N–H and O–H groups in total. The molecule has 1 heterocycles. The topological polar surface area (TPSA) is 50.9 Å². The molecule has 2 rings (SSSR count). The second kappa shape index (κ2) is 4.73. The molecule has 1 saturated carbocycles. The first-order valence-corrected chi connectivity index (χ1v) is 5.68. The van der Waals surface area contributed by atoms with Gasteiger partial charge in [-0.3, -0.25) is 16.3 Å². The zero-order valence-corrected chi connectivity index (χ0v) is 9.24. The third kappa shape index (κ3) is 2.76. The second-order valence-corrected chi connectivity index (χ2v) is 4.47. The minimum Gasteiger partial charge on any atom is -0.271 e. The Morgan fingerprint density at radius 2 is 2.40 bits per heavy atom. The number of nitrogens with two attached hydrogens (primary N) is 1. The number of pyridine rings is 1. The third-order valence-electron chi connectivity index (χ3n) is 3.20. The van der Waals surface area contributed by atoms with Crippen molar-refractivity contribution < 1.29 is 0 Å². The average Bonchev–Trinajstić information content (AvgIpc) is 3.05. The number of nitrogens with one attached hydrogen (secondary N) is 1. The van der Waals surface area contributed by atoms with Crippen molar-refractivity contribution in [3.05, 3.63) is 29.6 Å². The Bertz CT molecular complexity index is 320. The first-order valence-electron chi connectivity index (χ1n) is 5.68. The molecule has 15 heavy (non-hydrogen) atoms. The van der Waals surface area contributed by atoms with E-state index in [0.717, 1.165) is 12.3 Å². The SMILES string of the molecule is Cc1cnccc1C(CCC1CC1)NN. The molecule has 0 aliphatic heterocycles. The standard InChI is InChI=1S/C12H19N3/c1-9-8-14-7-6-11(9)12(15-13)5-4-10-2-3-10/h6-8,10,12,15H,2-5,13H2,1H3. The molecule has 0 amide bonds. The molecule has 82 valence electrons. The van der Waals surface area contributed by atoms with Crippen molar-refractivity contribution in [2.45, 2.75) is 38.6 Å². The molecule has 1 aliphatic rings. The van der Waals surface area contributed by atoms with Crippen LogP contribution in [0.5, 0.6) is 0 Å². The summed E-state index contributed by atoms with van der Waals surface area (Å²) in [4.78, 5) is 4.10. The fourth-order valence-corrected chi connectivity index (χ4v) is 2.01. The normalized spacial score (nSPS) is 17.7. The highest BCUT2D eigenvalue weighted by molar-refractivity contribution is 5.25. The average molecular weight is 205 g/mol. The molecule has 0 bridgehead atoms. The van der Waals surface area contributed by atoms with Crippen molar-refractivity contribution in [1.82, 2.24) is 10.4 Å². The fourth-order valence-electron chi connectivity index (χ4n) is 2.01. The van der Waals surface area contributed by atoms with E-state index < -0.39 is 0 Å². The van der Waals surface area contributed by atoms with Crippen molar-refractivity contribution in [2.24, 2.45) is 11.8 Å². The summed E-state index contributed by atoms with van der Waals surface area (Å²) in [5.74, 6) is 6.57. The molecule has 0 aromatic carbocycles. The lowest BCUT2D eigenvalue weighted by Gasteiger charge is -2.17. The van der Waals surface area contributed by atoms with Crippen LogP contribution in [0, 0.1) is 12.8 Å². The van der Waals surface area contributed by atoms with Gasteiger partial charge in [-0.25, -0.2) is 0 Å². The molecule has 1 aliphatic carbocycles. The summed E-state index contributed by atoms with van der Waals surface area (Å²) in [6.45, 7) is 2.09. The number of hydrogen-bond acceptors (Lipinski definition) is 3. The van der Waals surface area contributed by atoms with Gasteiger partial charge in [0.05, 0.1) is 0 Å². The van der Waals surface area contributed by atoms with Crippen LogP contribution < -0.4 is 11.3 Å². The lowest BCUT2D eigenvalue weighted by atomic mass is 9.99. The smallest absolute Gasteiger partial charge is 0.0463 e. The highest BCUT2D eigenvalue weighted by Crippen LogP contribution is 2.35. The number of nitrogens with zero attached hydrogens (tertiary/aromatic N) is 1. The van der Waals surface area contributed by atoms with E-state index in [4.69, 9.17) is 5.84 Å². The molecule has 0 saturated heterocycles. The van der Waals surface area contributed by atoms with Crippen molar-refractivity contribution in [3.8, 4) is 0 Å². The van der Waals surface area contributed by atoms with Gasteiger partial charge in [-0.05, 0) is 42.9 Å². The first kappa shape index (κ1) is 10.6. The summed E-state index contributed by atoms with van der Waals surface area (Å²) in [7, 11) is 0. The third-order valence-corrected chi connectivity index (χ3v) is 3.20. The molecular formula is C12H19N3. The number of hydrogen-bond donors (Lipinski definition) is 2. The Morgan fingerprint density at radius 3 is 3.00 bits per heavy atom. The van der Waals surface area contributed by atoms with Crippen LogP contribution in [-0.2, 0) is 0 Å². The van der Waals surface area contributed by atoms with Crippen LogP contribution in [-0.4, -0.2) is 4.98 Å². The summed E-state index contributed by atoms with van der Waals surface area (Å²) < 4.78 is 0. The van der Waals surface area contributed by atoms with Gasteiger partial charge in [0.15, 0.2) is 0 Å². The van der Waals surface area contributed by atoms with Gasteiger partial charge in [-0.15, -0.1) is 0 Å². The van der Waals surface area contributed by atoms with E-state index in [1.165, 1.54) is 30.4 Å². The Morgan fingerprint density at radius 1 is 1.60 bits per heavy atom. The van der Waals surface area contributed by atoms with E-state index in [0.29, 0.717) is 0 Å². The lowest BCUT2D eigenvalue weighted by molar-refractivity contribution is 0.480. The maximum absolute atomic E-state index is 5.61. The van der Waals surface area contributed by atoms with Crippen LogP contribution in [0.25, 0.3) is 0 Å². The number of aryl methyl sites for hydroxylation is 1. The van der Waals surface area contributed by atoms with Gasteiger partial charge in [0.1, 0.15) is 0 Å². The van der Waals surface area contributed by atoms with Gasteiger partial charge in [-0.2, -0.15) is 0 Å². The summed E-state index contributed by atoms with van der Waals surface area (Å²) >= 11 is 0. The number of rotatable bonds is 5. The van der Waals surface area contributed by atoms with Crippen molar-refractivity contribution in [2.75, 3.05) is 0 Å². The fraction of sp³-hybridized carbons (Fsp3) is 0.583. The second-order valence-electron chi connectivity index (χ2n) is 4.47.